The minimum absolute atomic E-state index is 0.737. The van der Waals surface area contributed by atoms with E-state index in [1.165, 1.54) is 44.1 Å². The van der Waals surface area contributed by atoms with Crippen LogP contribution in [0.15, 0.2) is 24.3 Å². The first-order chi connectivity index (χ1) is 8.36. The minimum atomic E-state index is 0.737. The summed E-state index contributed by atoms with van der Waals surface area (Å²) in [7, 11) is 0. The summed E-state index contributed by atoms with van der Waals surface area (Å²) < 4.78 is 5.42. The van der Waals surface area contributed by atoms with Crippen LogP contribution in [-0.4, -0.2) is 13.2 Å². The molecule has 0 amide bonds. The molecule has 0 bridgehead atoms. The molecule has 1 aromatic rings. The van der Waals surface area contributed by atoms with E-state index in [2.05, 4.69) is 24.3 Å². The van der Waals surface area contributed by atoms with Crippen molar-refractivity contribution in [2.75, 3.05) is 13.2 Å². The van der Waals surface area contributed by atoms with Crippen LogP contribution in [0.1, 0.15) is 44.6 Å². The highest BCUT2D eigenvalue weighted by molar-refractivity contribution is 5.27. The molecule has 2 N–H and O–H groups in total. The van der Waals surface area contributed by atoms with Crippen LogP contribution in [0.4, 0.5) is 0 Å². The van der Waals surface area contributed by atoms with Crippen LogP contribution in [0.5, 0.6) is 5.75 Å². The maximum Gasteiger partial charge on any atom is 0.119 e. The fraction of sp³-hybridized carbons (Fsp3) is 0.600. The zero-order valence-electron chi connectivity index (χ0n) is 11.0. The smallest absolute Gasteiger partial charge is 0.119 e. The second-order valence-electron chi connectivity index (χ2n) is 4.38. The number of ether oxygens (including phenoxy) is 1. The van der Waals surface area contributed by atoms with Gasteiger partial charge in [0.05, 0.1) is 6.61 Å². The van der Waals surface area contributed by atoms with Gasteiger partial charge in [-0.05, 0) is 50.4 Å². The predicted octanol–water partition coefficient (Wildman–Crippen LogP) is 3.54. The van der Waals surface area contributed by atoms with Gasteiger partial charge in [0.15, 0.2) is 0 Å². The number of aryl methyl sites for hydroxylation is 1. The summed E-state index contributed by atoms with van der Waals surface area (Å²) in [5, 5.41) is 0. The molecule has 0 saturated carbocycles. The Kier molecular flexibility index (Phi) is 7.48. The van der Waals surface area contributed by atoms with Crippen LogP contribution in [-0.2, 0) is 6.42 Å². The third-order valence-corrected chi connectivity index (χ3v) is 2.90. The van der Waals surface area contributed by atoms with Gasteiger partial charge in [0.2, 0.25) is 0 Å². The molecule has 0 saturated heterocycles. The number of benzene rings is 1. The summed E-state index contributed by atoms with van der Waals surface area (Å²) >= 11 is 0. The Hall–Kier alpha value is -1.02. The average Bonchev–Trinajstić information content (AvgIpc) is 2.36. The Labute approximate surface area is 105 Å². The summed E-state index contributed by atoms with van der Waals surface area (Å²) in [6, 6.07) is 8.47. The highest BCUT2D eigenvalue weighted by atomic mass is 16.5. The Morgan fingerprint density at radius 2 is 1.59 bits per heavy atom. The van der Waals surface area contributed by atoms with E-state index in [1.807, 2.05) is 6.92 Å². The van der Waals surface area contributed by atoms with Crippen LogP contribution in [0, 0.1) is 0 Å². The number of unbranched alkanes of at least 4 members (excludes halogenated alkanes) is 4. The van der Waals surface area contributed by atoms with E-state index >= 15 is 0 Å². The third kappa shape index (κ3) is 6.32. The maximum absolute atomic E-state index is 5.46. The standard InChI is InChI=1S/C15H25NO/c1-2-17-15-11-9-14(10-12-15)8-6-4-3-5-7-13-16/h9-12H,2-8,13,16H2,1H3. The van der Waals surface area contributed by atoms with Gasteiger partial charge in [-0.3, -0.25) is 0 Å². The van der Waals surface area contributed by atoms with Crippen LogP contribution < -0.4 is 10.5 Å². The largest absolute Gasteiger partial charge is 0.494 e. The molecule has 17 heavy (non-hydrogen) atoms. The first-order valence-corrected chi connectivity index (χ1v) is 6.78. The van der Waals surface area contributed by atoms with E-state index in [0.717, 1.165) is 18.9 Å². The van der Waals surface area contributed by atoms with Gasteiger partial charge in [0.1, 0.15) is 5.75 Å². The lowest BCUT2D eigenvalue weighted by Gasteiger charge is -2.05. The van der Waals surface area contributed by atoms with Crippen LogP contribution in [0.2, 0.25) is 0 Å². The SMILES string of the molecule is CCOc1ccc(CCCCCCCN)cc1. The first kappa shape index (κ1) is 14.0. The topological polar surface area (TPSA) is 35.2 Å². The summed E-state index contributed by atoms with van der Waals surface area (Å²) in [4.78, 5) is 0. The summed E-state index contributed by atoms with van der Waals surface area (Å²) in [6.07, 6.45) is 7.53. The summed E-state index contributed by atoms with van der Waals surface area (Å²) in [5.74, 6) is 0.971. The molecule has 96 valence electrons. The van der Waals surface area contributed by atoms with Crippen molar-refractivity contribution in [3.05, 3.63) is 29.8 Å². The van der Waals surface area contributed by atoms with Crippen LogP contribution in [0.3, 0.4) is 0 Å². The molecular weight excluding hydrogens is 210 g/mol. The number of nitrogens with two attached hydrogens (primary N) is 1. The van der Waals surface area contributed by atoms with E-state index in [-0.39, 0.29) is 0 Å². The Morgan fingerprint density at radius 1 is 0.941 bits per heavy atom. The van der Waals surface area contributed by atoms with Gasteiger partial charge >= 0.3 is 0 Å². The lowest BCUT2D eigenvalue weighted by atomic mass is 10.1. The number of rotatable bonds is 9. The molecular formula is C15H25NO. The lowest BCUT2D eigenvalue weighted by Crippen LogP contribution is -1.97. The molecule has 1 rings (SSSR count). The summed E-state index contributed by atoms with van der Waals surface area (Å²) in [6.45, 7) is 3.58. The van der Waals surface area contributed by atoms with Crippen molar-refractivity contribution in [1.82, 2.24) is 0 Å². The zero-order chi connectivity index (χ0) is 12.3. The Morgan fingerprint density at radius 3 is 2.24 bits per heavy atom. The molecule has 1 aromatic carbocycles. The Bertz CT molecular complexity index is 281. The molecule has 0 unspecified atom stereocenters. The van der Waals surface area contributed by atoms with Crippen molar-refractivity contribution in [1.29, 1.82) is 0 Å². The summed E-state index contributed by atoms with van der Waals surface area (Å²) in [5.41, 5.74) is 6.87. The van der Waals surface area contributed by atoms with Crippen LogP contribution in [0.25, 0.3) is 0 Å². The second kappa shape index (κ2) is 9.06. The van der Waals surface area contributed by atoms with Crippen molar-refractivity contribution < 1.29 is 4.74 Å². The molecule has 0 heterocycles. The van der Waals surface area contributed by atoms with Gasteiger partial charge in [0.25, 0.3) is 0 Å². The van der Waals surface area contributed by atoms with Gasteiger partial charge in [-0.2, -0.15) is 0 Å². The lowest BCUT2D eigenvalue weighted by molar-refractivity contribution is 0.340. The van der Waals surface area contributed by atoms with Gasteiger partial charge in [-0.25, -0.2) is 0 Å². The molecule has 0 fully saturated rings. The minimum Gasteiger partial charge on any atom is -0.494 e. The van der Waals surface area contributed by atoms with Gasteiger partial charge in [-0.15, -0.1) is 0 Å². The quantitative estimate of drug-likeness (QED) is 0.664. The van der Waals surface area contributed by atoms with Crippen molar-refractivity contribution >= 4 is 0 Å². The van der Waals surface area contributed by atoms with Crippen molar-refractivity contribution in [3.63, 3.8) is 0 Å². The average molecular weight is 235 g/mol. The van der Waals surface area contributed by atoms with E-state index in [9.17, 15) is 0 Å². The number of hydrogen-bond acceptors (Lipinski definition) is 2. The third-order valence-electron chi connectivity index (χ3n) is 2.90. The van der Waals surface area contributed by atoms with E-state index in [1.54, 1.807) is 0 Å². The van der Waals surface area contributed by atoms with Gasteiger partial charge in [0, 0.05) is 0 Å². The molecule has 2 nitrogen and oxygen atoms in total. The molecule has 2 heteroatoms. The predicted molar refractivity (Wildman–Crippen MR) is 73.5 cm³/mol. The van der Waals surface area contributed by atoms with Crippen molar-refractivity contribution in [2.45, 2.75) is 45.4 Å². The van der Waals surface area contributed by atoms with Crippen molar-refractivity contribution in [2.24, 2.45) is 5.73 Å². The normalized spacial score (nSPS) is 10.5. The fourth-order valence-corrected chi connectivity index (χ4v) is 1.92. The van der Waals surface area contributed by atoms with Crippen molar-refractivity contribution in [3.8, 4) is 5.75 Å². The Balaban J connectivity index is 2.14. The fourth-order valence-electron chi connectivity index (χ4n) is 1.92. The molecule has 0 aliphatic heterocycles. The molecule has 0 aromatic heterocycles. The maximum atomic E-state index is 5.46. The monoisotopic (exact) mass is 235 g/mol. The van der Waals surface area contributed by atoms with E-state index < -0.39 is 0 Å². The highest BCUT2D eigenvalue weighted by Crippen LogP contribution is 2.14. The molecule has 0 atom stereocenters. The molecule has 0 aliphatic carbocycles. The molecule has 0 aliphatic rings. The van der Waals surface area contributed by atoms with Crippen LogP contribution >= 0.6 is 0 Å². The highest BCUT2D eigenvalue weighted by Gasteiger charge is 1.95. The molecule has 0 radical (unpaired) electrons. The first-order valence-electron chi connectivity index (χ1n) is 6.78. The second-order valence-corrected chi connectivity index (χ2v) is 4.38. The van der Waals surface area contributed by atoms with Gasteiger partial charge in [-0.1, -0.05) is 31.4 Å². The van der Waals surface area contributed by atoms with E-state index in [4.69, 9.17) is 10.5 Å². The van der Waals surface area contributed by atoms with E-state index in [0.29, 0.717) is 0 Å². The molecule has 0 spiro atoms. The number of hydrogen-bond donors (Lipinski definition) is 1. The zero-order valence-corrected chi connectivity index (χ0v) is 11.0. The van der Waals surface area contributed by atoms with Gasteiger partial charge < -0.3 is 10.5 Å².